The molecule has 2 rings (SSSR count). The second kappa shape index (κ2) is 4.87. The van der Waals surface area contributed by atoms with E-state index in [1.54, 1.807) is 12.1 Å². The van der Waals surface area contributed by atoms with Crippen LogP contribution in [0.5, 0.6) is 0 Å². The average molecular weight is 290 g/mol. The van der Waals surface area contributed by atoms with E-state index >= 15 is 0 Å². The van der Waals surface area contributed by atoms with Gasteiger partial charge >= 0.3 is 5.97 Å². The van der Waals surface area contributed by atoms with Gasteiger partial charge < -0.3 is 5.11 Å². The first-order valence-corrected chi connectivity index (χ1v) is 7.25. The molecule has 1 unspecified atom stereocenters. The van der Waals surface area contributed by atoms with Gasteiger partial charge in [0.2, 0.25) is 10.0 Å². The number of carboxylic acids is 1. The van der Waals surface area contributed by atoms with Gasteiger partial charge in [-0.3, -0.25) is 4.79 Å². The number of hydrogen-bond donors (Lipinski definition) is 1. The molecule has 7 heteroatoms. The number of carbonyl (C=O) groups is 1. The third-order valence-electron chi connectivity index (χ3n) is 2.91. The molecule has 0 radical (unpaired) electrons. The fraction of sp³-hybridized carbons (Fsp3) is 0.364. The molecule has 0 spiro atoms. The molecule has 1 aromatic carbocycles. The van der Waals surface area contributed by atoms with Gasteiger partial charge in [-0.25, -0.2) is 8.42 Å². The Balaban J connectivity index is 2.43. The number of halogens is 1. The second-order valence-corrected chi connectivity index (χ2v) is 6.31. The lowest BCUT2D eigenvalue weighted by Crippen LogP contribution is -2.40. The zero-order valence-electron chi connectivity index (χ0n) is 9.41. The van der Waals surface area contributed by atoms with Crippen LogP contribution in [0, 0.1) is 0 Å². The van der Waals surface area contributed by atoms with Crippen LogP contribution in [0.1, 0.15) is 12.8 Å². The zero-order valence-corrected chi connectivity index (χ0v) is 11.0. The zero-order chi connectivity index (χ0) is 13.3. The quantitative estimate of drug-likeness (QED) is 0.917. The van der Waals surface area contributed by atoms with Crippen molar-refractivity contribution in [2.75, 3.05) is 6.54 Å². The van der Waals surface area contributed by atoms with Crippen molar-refractivity contribution in [2.45, 2.75) is 23.8 Å². The van der Waals surface area contributed by atoms with Crippen molar-refractivity contribution in [3.63, 3.8) is 0 Å². The molecule has 1 N–H and O–H groups in total. The van der Waals surface area contributed by atoms with E-state index in [0.717, 1.165) is 4.31 Å². The summed E-state index contributed by atoms with van der Waals surface area (Å²) in [5.74, 6) is -1.12. The number of aliphatic carboxylic acids is 1. The SMILES string of the molecule is O=C(O)C1CCCN1S(=O)(=O)c1ccccc1Cl. The minimum absolute atomic E-state index is 0.0418. The molecule has 0 amide bonds. The largest absolute Gasteiger partial charge is 0.480 e. The van der Waals surface area contributed by atoms with Crippen LogP contribution in [0.2, 0.25) is 5.02 Å². The van der Waals surface area contributed by atoms with Gasteiger partial charge in [-0.1, -0.05) is 23.7 Å². The molecular weight excluding hydrogens is 278 g/mol. The summed E-state index contributed by atoms with van der Waals surface area (Å²) in [5.41, 5.74) is 0. The number of rotatable bonds is 3. The van der Waals surface area contributed by atoms with Gasteiger partial charge in [0, 0.05) is 6.54 Å². The topological polar surface area (TPSA) is 74.7 Å². The van der Waals surface area contributed by atoms with Crippen LogP contribution in [0.4, 0.5) is 0 Å². The summed E-state index contributed by atoms with van der Waals surface area (Å²) >= 11 is 5.86. The Hall–Kier alpha value is -1.11. The van der Waals surface area contributed by atoms with E-state index in [9.17, 15) is 13.2 Å². The maximum Gasteiger partial charge on any atom is 0.322 e. The molecule has 98 valence electrons. The standard InChI is InChI=1S/C11H12ClNO4S/c12-8-4-1-2-6-10(8)18(16,17)13-7-3-5-9(13)11(14)15/h1-2,4,6,9H,3,5,7H2,(H,14,15). The number of benzene rings is 1. The van der Waals surface area contributed by atoms with Gasteiger partial charge in [-0.2, -0.15) is 4.31 Å². The average Bonchev–Trinajstić information content (AvgIpc) is 2.78. The van der Waals surface area contributed by atoms with Crippen molar-refractivity contribution in [2.24, 2.45) is 0 Å². The van der Waals surface area contributed by atoms with Gasteiger partial charge in [0.15, 0.2) is 0 Å². The van der Waals surface area contributed by atoms with Crippen LogP contribution in [-0.2, 0) is 14.8 Å². The first kappa shape index (κ1) is 13.3. The summed E-state index contributed by atoms with van der Waals surface area (Å²) in [5, 5.41) is 9.13. The molecule has 18 heavy (non-hydrogen) atoms. The predicted molar refractivity (Wildman–Crippen MR) is 66.0 cm³/mol. The Morgan fingerprint density at radius 1 is 1.39 bits per heavy atom. The molecule has 1 saturated heterocycles. The highest BCUT2D eigenvalue weighted by molar-refractivity contribution is 7.89. The molecule has 0 aliphatic carbocycles. The van der Waals surface area contributed by atoms with E-state index in [1.165, 1.54) is 12.1 Å². The molecule has 5 nitrogen and oxygen atoms in total. The molecule has 0 bridgehead atoms. The van der Waals surface area contributed by atoms with Crippen LogP contribution >= 0.6 is 11.6 Å². The molecule has 1 atom stereocenters. The minimum Gasteiger partial charge on any atom is -0.480 e. The summed E-state index contributed by atoms with van der Waals surface area (Å²) in [6, 6.07) is 5.05. The maximum absolute atomic E-state index is 12.3. The Morgan fingerprint density at radius 3 is 2.67 bits per heavy atom. The van der Waals surface area contributed by atoms with E-state index < -0.39 is 22.0 Å². The molecule has 1 aromatic rings. The fourth-order valence-electron chi connectivity index (χ4n) is 2.05. The lowest BCUT2D eigenvalue weighted by Gasteiger charge is -2.21. The minimum atomic E-state index is -3.84. The van der Waals surface area contributed by atoms with Crippen LogP contribution < -0.4 is 0 Å². The molecule has 0 aromatic heterocycles. The summed E-state index contributed by atoms with van der Waals surface area (Å²) < 4.78 is 25.7. The van der Waals surface area contributed by atoms with Gasteiger partial charge in [-0.15, -0.1) is 0 Å². The maximum atomic E-state index is 12.3. The van der Waals surface area contributed by atoms with Crippen molar-refractivity contribution in [3.8, 4) is 0 Å². The smallest absolute Gasteiger partial charge is 0.322 e. The van der Waals surface area contributed by atoms with Gasteiger partial charge in [-0.05, 0) is 25.0 Å². The van der Waals surface area contributed by atoms with Gasteiger partial charge in [0.25, 0.3) is 0 Å². The summed E-state index contributed by atoms with van der Waals surface area (Å²) in [4.78, 5) is 11.0. The van der Waals surface area contributed by atoms with Crippen LogP contribution in [0.25, 0.3) is 0 Å². The summed E-state index contributed by atoms with van der Waals surface area (Å²) in [7, 11) is -3.84. The molecule has 1 aliphatic heterocycles. The van der Waals surface area contributed by atoms with E-state index in [0.29, 0.717) is 12.8 Å². The van der Waals surface area contributed by atoms with E-state index in [2.05, 4.69) is 0 Å². The normalized spacial score (nSPS) is 21.1. The van der Waals surface area contributed by atoms with E-state index in [4.69, 9.17) is 16.7 Å². The molecule has 1 fully saturated rings. The van der Waals surface area contributed by atoms with Gasteiger partial charge in [0.05, 0.1) is 5.02 Å². The Bertz CT molecular complexity index is 572. The summed E-state index contributed by atoms with van der Waals surface area (Å²) in [6.07, 6.45) is 0.875. The molecule has 1 aliphatic rings. The fourth-order valence-corrected chi connectivity index (χ4v) is 4.20. The third-order valence-corrected chi connectivity index (χ3v) is 5.32. The predicted octanol–water partition coefficient (Wildman–Crippen LogP) is 1.58. The number of nitrogens with zero attached hydrogens (tertiary/aromatic N) is 1. The van der Waals surface area contributed by atoms with Crippen molar-refractivity contribution >= 4 is 27.6 Å². The third kappa shape index (κ3) is 2.23. The summed E-state index contributed by atoms with van der Waals surface area (Å²) in [6.45, 7) is 0.213. The second-order valence-electron chi connectivity index (χ2n) is 4.04. The highest BCUT2D eigenvalue weighted by Crippen LogP contribution is 2.29. The van der Waals surface area contributed by atoms with Crippen LogP contribution in [-0.4, -0.2) is 36.4 Å². The molecular formula is C11H12ClNO4S. The van der Waals surface area contributed by atoms with Crippen LogP contribution in [0.15, 0.2) is 29.2 Å². The highest BCUT2D eigenvalue weighted by Gasteiger charge is 2.40. The van der Waals surface area contributed by atoms with Gasteiger partial charge in [0.1, 0.15) is 10.9 Å². The number of sulfonamides is 1. The monoisotopic (exact) mass is 289 g/mol. The highest BCUT2D eigenvalue weighted by atomic mass is 35.5. The lowest BCUT2D eigenvalue weighted by molar-refractivity contribution is -0.140. The Kier molecular flexibility index (Phi) is 3.61. The van der Waals surface area contributed by atoms with Crippen molar-refractivity contribution in [3.05, 3.63) is 29.3 Å². The Morgan fingerprint density at radius 2 is 2.06 bits per heavy atom. The number of hydrogen-bond acceptors (Lipinski definition) is 3. The van der Waals surface area contributed by atoms with Crippen molar-refractivity contribution in [1.82, 2.24) is 4.31 Å². The lowest BCUT2D eigenvalue weighted by atomic mass is 10.2. The molecule has 1 heterocycles. The van der Waals surface area contributed by atoms with E-state index in [-0.39, 0.29) is 16.5 Å². The number of carboxylic acid groups (broad SMARTS) is 1. The van der Waals surface area contributed by atoms with E-state index in [1.807, 2.05) is 0 Å². The van der Waals surface area contributed by atoms with Crippen LogP contribution in [0.3, 0.4) is 0 Å². The van der Waals surface area contributed by atoms with Crippen molar-refractivity contribution < 1.29 is 18.3 Å². The first-order chi connectivity index (χ1) is 8.44. The Labute approximate surface area is 110 Å². The first-order valence-electron chi connectivity index (χ1n) is 5.44. The molecule has 0 saturated carbocycles. The van der Waals surface area contributed by atoms with Crippen molar-refractivity contribution in [1.29, 1.82) is 0 Å².